The molecule has 2 aromatic heterocycles. The Morgan fingerprint density at radius 3 is 2.57 bits per heavy atom. The molecule has 0 bridgehead atoms. The molecule has 0 saturated carbocycles. The lowest BCUT2D eigenvalue weighted by atomic mass is 9.96. The number of rotatable bonds is 7. The maximum Gasteiger partial charge on any atom is 0.244 e. The lowest BCUT2D eigenvalue weighted by Gasteiger charge is -2.27. The summed E-state index contributed by atoms with van der Waals surface area (Å²) in [4.78, 5) is 19.7. The average molecular weight is 512 g/mol. The molecular weight excluding hydrogens is 482 g/mol. The molecular formula is C29H29N5O2S. The van der Waals surface area contributed by atoms with E-state index in [4.69, 9.17) is 17.0 Å². The van der Waals surface area contributed by atoms with Gasteiger partial charge in [0.15, 0.2) is 5.11 Å². The van der Waals surface area contributed by atoms with Gasteiger partial charge in [0.05, 0.1) is 24.9 Å². The number of pyridine rings is 1. The third-order valence-corrected chi connectivity index (χ3v) is 7.02. The molecule has 8 heteroatoms. The Hall–Kier alpha value is -4.17. The predicted octanol–water partition coefficient (Wildman–Crippen LogP) is 5.11. The molecule has 4 aromatic rings. The van der Waals surface area contributed by atoms with E-state index in [0.717, 1.165) is 39.8 Å². The van der Waals surface area contributed by atoms with Crippen molar-refractivity contribution in [2.24, 2.45) is 0 Å². The Morgan fingerprint density at radius 1 is 1.05 bits per heavy atom. The number of hydrogen-bond acceptors (Lipinski definition) is 4. The minimum absolute atomic E-state index is 0.109. The highest BCUT2D eigenvalue weighted by molar-refractivity contribution is 7.80. The summed E-state index contributed by atoms with van der Waals surface area (Å²) in [6, 6.07) is 25.0. The van der Waals surface area contributed by atoms with Gasteiger partial charge in [0.1, 0.15) is 12.3 Å². The van der Waals surface area contributed by atoms with Crippen LogP contribution in [0.15, 0.2) is 85.1 Å². The number of hydrogen-bond donors (Lipinski definition) is 2. The molecule has 2 aromatic carbocycles. The summed E-state index contributed by atoms with van der Waals surface area (Å²) >= 11 is 5.77. The van der Waals surface area contributed by atoms with Crippen molar-refractivity contribution in [3.05, 3.63) is 108 Å². The van der Waals surface area contributed by atoms with Gasteiger partial charge in [0, 0.05) is 35.0 Å². The van der Waals surface area contributed by atoms with Crippen LogP contribution in [-0.2, 0) is 4.79 Å². The maximum absolute atomic E-state index is 13.1. The Kier molecular flexibility index (Phi) is 6.92. The standard InChI is InChI=1S/C29H29N5O2S/c1-19-16-24(20(2)34(19)22-12-9-13-23(17-22)36-3)28-27(25-14-7-8-15-30-25)32-29(37)33(28)18-26(35)31-21-10-5-4-6-11-21/h4-17,27-28H,18H2,1-3H3,(H,31,35)(H,32,37)/t27-,28+/m1/s1. The minimum atomic E-state index is -0.227. The summed E-state index contributed by atoms with van der Waals surface area (Å²) < 4.78 is 7.67. The van der Waals surface area contributed by atoms with Gasteiger partial charge in [0.25, 0.3) is 0 Å². The van der Waals surface area contributed by atoms with E-state index >= 15 is 0 Å². The number of para-hydroxylation sites is 1. The second-order valence-electron chi connectivity index (χ2n) is 9.03. The van der Waals surface area contributed by atoms with Crippen LogP contribution in [0.3, 0.4) is 0 Å². The van der Waals surface area contributed by atoms with Crippen molar-refractivity contribution in [3.63, 3.8) is 0 Å². The maximum atomic E-state index is 13.1. The number of thiocarbonyl (C=S) groups is 1. The highest BCUT2D eigenvalue weighted by Crippen LogP contribution is 2.41. The van der Waals surface area contributed by atoms with Gasteiger partial charge < -0.3 is 24.8 Å². The van der Waals surface area contributed by atoms with Crippen molar-refractivity contribution in [1.82, 2.24) is 19.8 Å². The van der Waals surface area contributed by atoms with E-state index in [2.05, 4.69) is 46.2 Å². The molecule has 7 nitrogen and oxygen atoms in total. The second-order valence-corrected chi connectivity index (χ2v) is 9.42. The highest BCUT2D eigenvalue weighted by atomic mass is 32.1. The molecule has 3 heterocycles. The molecule has 37 heavy (non-hydrogen) atoms. The van der Waals surface area contributed by atoms with Gasteiger partial charge in [-0.25, -0.2) is 0 Å². The Balaban J connectivity index is 1.54. The Bertz CT molecular complexity index is 1420. The Labute approximate surface area is 222 Å². The van der Waals surface area contributed by atoms with E-state index < -0.39 is 0 Å². The molecule has 0 radical (unpaired) electrons. The summed E-state index contributed by atoms with van der Waals surface area (Å²) in [5.74, 6) is 0.657. The monoisotopic (exact) mass is 511 g/mol. The number of carbonyl (C=O) groups is 1. The van der Waals surface area contributed by atoms with Crippen molar-refractivity contribution >= 4 is 28.9 Å². The van der Waals surface area contributed by atoms with Gasteiger partial charge in [-0.3, -0.25) is 9.78 Å². The molecule has 5 rings (SSSR count). The molecule has 1 aliphatic heterocycles. The summed E-state index contributed by atoms with van der Waals surface area (Å²) in [6.07, 6.45) is 1.78. The van der Waals surface area contributed by atoms with Gasteiger partial charge in [0.2, 0.25) is 5.91 Å². The van der Waals surface area contributed by atoms with E-state index in [1.54, 1.807) is 13.3 Å². The van der Waals surface area contributed by atoms with Crippen molar-refractivity contribution in [1.29, 1.82) is 0 Å². The zero-order chi connectivity index (χ0) is 25.9. The van der Waals surface area contributed by atoms with Crippen molar-refractivity contribution in [2.75, 3.05) is 19.0 Å². The smallest absolute Gasteiger partial charge is 0.244 e. The molecule has 0 aliphatic carbocycles. The van der Waals surface area contributed by atoms with Crippen molar-refractivity contribution in [2.45, 2.75) is 25.9 Å². The van der Waals surface area contributed by atoms with Crippen LogP contribution >= 0.6 is 12.2 Å². The van der Waals surface area contributed by atoms with Crippen LogP contribution in [0.2, 0.25) is 0 Å². The number of carbonyl (C=O) groups excluding carboxylic acids is 1. The molecule has 0 unspecified atom stereocenters. The molecule has 1 saturated heterocycles. The van der Waals surface area contributed by atoms with E-state index in [9.17, 15) is 4.79 Å². The molecule has 2 N–H and O–H groups in total. The summed E-state index contributed by atoms with van der Waals surface area (Å²) in [5.41, 5.74) is 5.85. The highest BCUT2D eigenvalue weighted by Gasteiger charge is 2.42. The van der Waals surface area contributed by atoms with Gasteiger partial charge in [-0.15, -0.1) is 0 Å². The SMILES string of the molecule is COc1cccc(-n2c(C)cc([C@H]3[C@@H](c4ccccn4)NC(=S)N3CC(=O)Nc3ccccc3)c2C)c1. The van der Waals surface area contributed by atoms with Crippen LogP contribution in [0.25, 0.3) is 5.69 Å². The summed E-state index contributed by atoms with van der Waals surface area (Å²) in [7, 11) is 1.67. The zero-order valence-corrected chi connectivity index (χ0v) is 21.8. The van der Waals surface area contributed by atoms with Crippen LogP contribution in [0.4, 0.5) is 5.69 Å². The molecule has 1 amide bonds. The lowest BCUT2D eigenvalue weighted by molar-refractivity contribution is -0.116. The van der Waals surface area contributed by atoms with Gasteiger partial charge in [-0.05, 0) is 74.1 Å². The Morgan fingerprint density at radius 2 is 1.84 bits per heavy atom. The number of nitrogens with zero attached hydrogens (tertiary/aromatic N) is 3. The first-order valence-corrected chi connectivity index (χ1v) is 12.5. The normalized spacial score (nSPS) is 16.9. The first kappa shape index (κ1) is 24.5. The molecule has 188 valence electrons. The van der Waals surface area contributed by atoms with Gasteiger partial charge in [-0.1, -0.05) is 30.3 Å². The number of benzene rings is 2. The zero-order valence-electron chi connectivity index (χ0n) is 21.0. The van der Waals surface area contributed by atoms with Crippen LogP contribution in [0, 0.1) is 13.8 Å². The van der Waals surface area contributed by atoms with E-state index in [1.807, 2.05) is 71.6 Å². The number of methoxy groups -OCH3 is 1. The minimum Gasteiger partial charge on any atom is -0.497 e. The molecule has 1 fully saturated rings. The largest absolute Gasteiger partial charge is 0.497 e. The fourth-order valence-corrected chi connectivity index (χ4v) is 5.33. The van der Waals surface area contributed by atoms with Crippen LogP contribution in [0.1, 0.15) is 34.7 Å². The number of aromatic nitrogens is 2. The van der Waals surface area contributed by atoms with Crippen molar-refractivity contribution in [3.8, 4) is 11.4 Å². The van der Waals surface area contributed by atoms with Crippen LogP contribution < -0.4 is 15.4 Å². The first-order chi connectivity index (χ1) is 18.0. The predicted molar refractivity (Wildman–Crippen MR) is 149 cm³/mol. The van der Waals surface area contributed by atoms with Crippen LogP contribution in [-0.4, -0.2) is 39.1 Å². The molecule has 0 spiro atoms. The van der Waals surface area contributed by atoms with E-state index in [1.165, 1.54) is 0 Å². The fourth-order valence-electron chi connectivity index (χ4n) is 5.03. The summed E-state index contributed by atoms with van der Waals surface area (Å²) in [5, 5.41) is 6.94. The summed E-state index contributed by atoms with van der Waals surface area (Å²) in [6.45, 7) is 4.29. The van der Waals surface area contributed by atoms with Crippen LogP contribution in [0.5, 0.6) is 5.75 Å². The topological polar surface area (TPSA) is 71.4 Å². The van der Waals surface area contributed by atoms with Gasteiger partial charge in [-0.2, -0.15) is 0 Å². The second kappa shape index (κ2) is 10.4. The van der Waals surface area contributed by atoms with E-state index in [0.29, 0.717) is 5.11 Å². The quantitative estimate of drug-likeness (QED) is 0.336. The number of ether oxygens (including phenoxy) is 1. The number of aryl methyl sites for hydroxylation is 1. The first-order valence-electron chi connectivity index (χ1n) is 12.1. The fraction of sp³-hybridized carbons (Fsp3) is 0.207. The molecule has 1 aliphatic rings. The lowest BCUT2D eigenvalue weighted by Crippen LogP contribution is -2.37. The van der Waals surface area contributed by atoms with Crippen molar-refractivity contribution < 1.29 is 9.53 Å². The molecule has 2 atom stereocenters. The number of anilines is 1. The third-order valence-electron chi connectivity index (χ3n) is 6.67. The average Bonchev–Trinajstić information content (AvgIpc) is 3.39. The number of amides is 1. The third kappa shape index (κ3) is 4.93. The van der Waals surface area contributed by atoms with Gasteiger partial charge >= 0.3 is 0 Å². The van der Waals surface area contributed by atoms with E-state index in [-0.39, 0.29) is 24.5 Å². The number of nitrogens with one attached hydrogen (secondary N) is 2.